The number of nitrogens with one attached hydrogen (secondary N) is 1. The Morgan fingerprint density at radius 1 is 1.25 bits per heavy atom. The van der Waals surface area contributed by atoms with Gasteiger partial charge in [0.25, 0.3) is 0 Å². The molecule has 0 aliphatic rings. The summed E-state index contributed by atoms with van der Waals surface area (Å²) in [5.74, 6) is -0.242. The summed E-state index contributed by atoms with van der Waals surface area (Å²) in [5, 5.41) is 18.4. The van der Waals surface area contributed by atoms with E-state index in [0.717, 1.165) is 5.56 Å². The van der Waals surface area contributed by atoms with Crippen molar-refractivity contribution in [3.05, 3.63) is 35.9 Å². The van der Waals surface area contributed by atoms with Gasteiger partial charge in [0.05, 0.1) is 13.7 Å². The van der Waals surface area contributed by atoms with Crippen LogP contribution in [0.15, 0.2) is 30.3 Å². The first-order valence-electron chi connectivity index (χ1n) is 5.81. The van der Waals surface area contributed by atoms with E-state index < -0.39 is 12.4 Å². The predicted octanol–water partition coefficient (Wildman–Crippen LogP) is 0.403. The summed E-state index contributed by atoms with van der Waals surface area (Å²) in [5.41, 5.74) is 1.02. The van der Waals surface area contributed by atoms with Gasteiger partial charge in [-0.3, -0.25) is 4.79 Å². The fourth-order valence-corrected chi connectivity index (χ4v) is 1.01. The molecular weight excluding hydrogens is 266 g/mol. The van der Waals surface area contributed by atoms with E-state index in [2.05, 4.69) is 10.1 Å². The highest BCUT2D eigenvalue weighted by molar-refractivity contribution is 5.66. The van der Waals surface area contributed by atoms with Crippen LogP contribution in [0.5, 0.6) is 0 Å². The molecule has 0 aliphatic carbocycles. The quantitative estimate of drug-likeness (QED) is 0.546. The first-order valence-corrected chi connectivity index (χ1v) is 5.81. The number of rotatable bonds is 4. The Morgan fingerprint density at radius 2 is 1.85 bits per heavy atom. The van der Waals surface area contributed by atoms with E-state index in [4.69, 9.17) is 14.9 Å². The third kappa shape index (κ3) is 11.0. The molecular formula is C13H19NO6. The first kappa shape index (κ1) is 17.9. The number of ether oxygens (including phenoxy) is 2. The predicted molar refractivity (Wildman–Crippen MR) is 70.5 cm³/mol. The van der Waals surface area contributed by atoms with Gasteiger partial charge in [-0.25, -0.2) is 4.79 Å². The van der Waals surface area contributed by atoms with Crippen LogP contribution >= 0.6 is 0 Å². The van der Waals surface area contributed by atoms with Crippen molar-refractivity contribution >= 4 is 12.1 Å². The maximum absolute atomic E-state index is 10.4. The molecule has 0 fully saturated rings. The number of amides is 1. The Kier molecular flexibility index (Phi) is 9.63. The molecule has 0 heterocycles. The summed E-state index contributed by atoms with van der Waals surface area (Å²) in [6.07, 6.45) is -2.20. The number of esters is 1. The second kappa shape index (κ2) is 10.8. The second-order valence-corrected chi connectivity index (χ2v) is 3.62. The number of aliphatic hydroxyl groups excluding tert-OH is 1. The molecule has 0 spiro atoms. The molecule has 1 amide bonds. The van der Waals surface area contributed by atoms with Crippen LogP contribution in [0, 0.1) is 0 Å². The number of alkyl carbamates (subject to hydrolysis) is 1. The molecule has 0 aromatic heterocycles. The fourth-order valence-electron chi connectivity index (χ4n) is 1.01. The van der Waals surface area contributed by atoms with Crippen LogP contribution in [-0.2, 0) is 20.9 Å². The number of hydrogen-bond donors (Lipinski definition) is 3. The Balaban J connectivity index is 0.000000370. The van der Waals surface area contributed by atoms with Crippen molar-refractivity contribution < 1.29 is 29.3 Å². The van der Waals surface area contributed by atoms with Gasteiger partial charge >= 0.3 is 12.1 Å². The van der Waals surface area contributed by atoms with Gasteiger partial charge in [-0.05, 0) is 5.56 Å². The van der Waals surface area contributed by atoms with Crippen molar-refractivity contribution in [2.24, 2.45) is 0 Å². The maximum Gasteiger partial charge on any atom is 0.407 e. The van der Waals surface area contributed by atoms with Gasteiger partial charge in [0.1, 0.15) is 6.61 Å². The van der Waals surface area contributed by atoms with Crippen molar-refractivity contribution in [2.45, 2.75) is 19.8 Å². The molecule has 1 rings (SSSR count). The minimum atomic E-state index is -1.52. The number of hydrogen-bond acceptors (Lipinski definition) is 6. The molecule has 20 heavy (non-hydrogen) atoms. The third-order valence-corrected chi connectivity index (χ3v) is 1.90. The lowest BCUT2D eigenvalue weighted by atomic mass is 10.2. The summed E-state index contributed by atoms with van der Waals surface area (Å²) in [6.45, 7) is 1.56. The van der Waals surface area contributed by atoms with Crippen molar-refractivity contribution in [3.8, 4) is 0 Å². The van der Waals surface area contributed by atoms with Crippen LogP contribution in [-0.4, -0.2) is 42.2 Å². The van der Waals surface area contributed by atoms with Gasteiger partial charge in [-0.2, -0.15) is 0 Å². The van der Waals surface area contributed by atoms with E-state index in [1.807, 2.05) is 30.3 Å². The standard InChI is InChI=1S/C9H10O2.C4H9NO4/c1-8(10)11-7-9-5-3-2-4-6-9;1-9-4(8)5-2-3(6)7/h2-6H,7H2,1H3;3,6-7H,2H2,1H3,(H,5,8). The topological polar surface area (TPSA) is 105 Å². The lowest BCUT2D eigenvalue weighted by Gasteiger charge is -2.03. The number of aliphatic hydroxyl groups is 2. The SMILES string of the molecule is CC(=O)OCc1ccccc1.COC(=O)NCC(O)O. The Bertz CT molecular complexity index is 393. The van der Waals surface area contributed by atoms with Crippen molar-refractivity contribution in [1.82, 2.24) is 5.32 Å². The molecule has 1 aromatic rings. The average molecular weight is 285 g/mol. The molecule has 0 unspecified atom stereocenters. The molecule has 0 radical (unpaired) electrons. The molecule has 0 aliphatic heterocycles. The zero-order valence-electron chi connectivity index (χ0n) is 11.4. The van der Waals surface area contributed by atoms with Gasteiger partial charge in [-0.1, -0.05) is 30.3 Å². The molecule has 3 N–H and O–H groups in total. The Hall–Kier alpha value is -2.12. The summed E-state index contributed by atoms with van der Waals surface area (Å²) >= 11 is 0. The van der Waals surface area contributed by atoms with E-state index in [9.17, 15) is 9.59 Å². The van der Waals surface area contributed by atoms with Crippen molar-refractivity contribution in [1.29, 1.82) is 0 Å². The molecule has 7 heteroatoms. The van der Waals surface area contributed by atoms with E-state index in [1.54, 1.807) is 0 Å². The normalized spacial score (nSPS) is 9.25. The molecule has 0 bridgehead atoms. The molecule has 0 saturated heterocycles. The fraction of sp³-hybridized carbons (Fsp3) is 0.385. The van der Waals surface area contributed by atoms with Crippen molar-refractivity contribution in [2.75, 3.05) is 13.7 Å². The van der Waals surface area contributed by atoms with E-state index in [-0.39, 0.29) is 12.5 Å². The zero-order valence-corrected chi connectivity index (χ0v) is 11.4. The minimum absolute atomic E-state index is 0.216. The molecule has 0 saturated carbocycles. The highest BCUT2D eigenvalue weighted by atomic mass is 16.5. The van der Waals surface area contributed by atoms with Gasteiger partial charge < -0.3 is 25.0 Å². The molecule has 112 valence electrons. The lowest BCUT2D eigenvalue weighted by Crippen LogP contribution is -2.31. The van der Waals surface area contributed by atoms with Crippen LogP contribution < -0.4 is 5.32 Å². The summed E-state index contributed by atoms with van der Waals surface area (Å²) in [6, 6.07) is 9.60. The third-order valence-electron chi connectivity index (χ3n) is 1.90. The second-order valence-electron chi connectivity index (χ2n) is 3.62. The number of carbonyl (C=O) groups excluding carboxylic acids is 2. The van der Waals surface area contributed by atoms with E-state index in [0.29, 0.717) is 6.61 Å². The Morgan fingerprint density at radius 3 is 2.30 bits per heavy atom. The highest BCUT2D eigenvalue weighted by Gasteiger charge is 2.00. The van der Waals surface area contributed by atoms with Gasteiger partial charge in [0, 0.05) is 6.92 Å². The summed E-state index contributed by atoms with van der Waals surface area (Å²) < 4.78 is 8.92. The monoisotopic (exact) mass is 285 g/mol. The summed E-state index contributed by atoms with van der Waals surface area (Å²) in [7, 11) is 1.19. The lowest BCUT2D eigenvalue weighted by molar-refractivity contribution is -0.142. The molecule has 0 atom stereocenters. The number of benzene rings is 1. The van der Waals surface area contributed by atoms with Gasteiger partial charge in [-0.15, -0.1) is 0 Å². The zero-order chi connectivity index (χ0) is 15.4. The first-order chi connectivity index (χ1) is 9.45. The van der Waals surface area contributed by atoms with Crippen LogP contribution in [0.4, 0.5) is 4.79 Å². The maximum atomic E-state index is 10.4. The number of carbonyl (C=O) groups is 2. The highest BCUT2D eigenvalue weighted by Crippen LogP contribution is 1.99. The van der Waals surface area contributed by atoms with E-state index >= 15 is 0 Å². The van der Waals surface area contributed by atoms with E-state index in [1.165, 1.54) is 14.0 Å². The Labute approximate surface area is 117 Å². The van der Waals surface area contributed by atoms with Crippen LogP contribution in [0.1, 0.15) is 12.5 Å². The van der Waals surface area contributed by atoms with Gasteiger partial charge in [0.15, 0.2) is 6.29 Å². The molecule has 7 nitrogen and oxygen atoms in total. The van der Waals surface area contributed by atoms with Gasteiger partial charge in [0.2, 0.25) is 0 Å². The number of methoxy groups -OCH3 is 1. The smallest absolute Gasteiger partial charge is 0.407 e. The van der Waals surface area contributed by atoms with Crippen LogP contribution in [0.2, 0.25) is 0 Å². The van der Waals surface area contributed by atoms with Crippen LogP contribution in [0.3, 0.4) is 0 Å². The molecule has 1 aromatic carbocycles. The average Bonchev–Trinajstić information content (AvgIpc) is 2.44. The van der Waals surface area contributed by atoms with Crippen molar-refractivity contribution in [3.63, 3.8) is 0 Å². The largest absolute Gasteiger partial charge is 0.461 e. The minimum Gasteiger partial charge on any atom is -0.461 e. The van der Waals surface area contributed by atoms with Crippen LogP contribution in [0.25, 0.3) is 0 Å². The summed E-state index contributed by atoms with van der Waals surface area (Å²) in [4.78, 5) is 20.6.